The highest BCUT2D eigenvalue weighted by molar-refractivity contribution is 5.97. The smallest absolute Gasteiger partial charge is 0.341 e. The van der Waals surface area contributed by atoms with Gasteiger partial charge in [0.1, 0.15) is 12.1 Å². The largest absolute Gasteiger partial charge is 0.416 e. The number of anilines is 2. The number of rotatable bonds is 4. The minimum absolute atomic E-state index is 0.0175. The molecule has 5 rings (SSSR count). The number of nitrogens with one attached hydrogen (secondary N) is 1. The first-order valence-electron chi connectivity index (χ1n) is 13.3. The van der Waals surface area contributed by atoms with E-state index in [1.165, 1.54) is 17.0 Å². The van der Waals surface area contributed by atoms with Crippen LogP contribution in [0.1, 0.15) is 37.7 Å². The number of alkyl halides is 3. The van der Waals surface area contributed by atoms with E-state index in [1.54, 1.807) is 4.90 Å². The van der Waals surface area contributed by atoms with Crippen LogP contribution in [0.5, 0.6) is 0 Å². The first-order chi connectivity index (χ1) is 18.7. The van der Waals surface area contributed by atoms with E-state index in [-0.39, 0.29) is 43.8 Å². The molecule has 8 nitrogen and oxygen atoms in total. The highest BCUT2D eigenvalue weighted by atomic mass is 19.4. The maximum atomic E-state index is 13.9. The maximum absolute atomic E-state index is 13.9. The molecule has 0 bridgehead atoms. The Morgan fingerprint density at radius 2 is 1.56 bits per heavy atom. The van der Waals surface area contributed by atoms with Gasteiger partial charge in [-0.2, -0.15) is 13.2 Å². The number of amides is 4. The van der Waals surface area contributed by atoms with E-state index >= 15 is 0 Å². The Kier molecular flexibility index (Phi) is 7.42. The van der Waals surface area contributed by atoms with E-state index in [4.69, 9.17) is 0 Å². The fourth-order valence-corrected chi connectivity index (χ4v) is 5.78. The molecule has 3 aliphatic heterocycles. The summed E-state index contributed by atoms with van der Waals surface area (Å²) in [5.74, 6) is -0.180. The SMILES string of the molecule is O=C(CN1CN(c2ccccc2)C2(CCN(C(=O)Nc3cccc(C(F)(F)F)c3)CC2)C1=O)N1CCCCC1. The van der Waals surface area contributed by atoms with E-state index in [0.29, 0.717) is 25.9 Å². The van der Waals surface area contributed by atoms with Crippen LogP contribution in [0.25, 0.3) is 0 Å². The maximum Gasteiger partial charge on any atom is 0.416 e. The number of carbonyl (C=O) groups is 3. The van der Waals surface area contributed by atoms with Gasteiger partial charge in [-0.25, -0.2) is 4.79 Å². The summed E-state index contributed by atoms with van der Waals surface area (Å²) in [5.41, 5.74) is -0.829. The van der Waals surface area contributed by atoms with Gasteiger partial charge in [-0.3, -0.25) is 9.59 Å². The monoisotopic (exact) mass is 543 g/mol. The number of para-hydroxylation sites is 1. The van der Waals surface area contributed by atoms with Gasteiger partial charge < -0.3 is 24.9 Å². The Labute approximate surface area is 225 Å². The Bertz CT molecular complexity index is 1210. The van der Waals surface area contributed by atoms with Crippen LogP contribution in [0.4, 0.5) is 29.3 Å². The summed E-state index contributed by atoms with van der Waals surface area (Å²) >= 11 is 0. The number of hydrogen-bond acceptors (Lipinski definition) is 4. The number of likely N-dealkylation sites (tertiary alicyclic amines) is 2. The molecule has 11 heteroatoms. The fraction of sp³-hybridized carbons (Fsp3) is 0.464. The van der Waals surface area contributed by atoms with Gasteiger partial charge in [0.25, 0.3) is 5.91 Å². The summed E-state index contributed by atoms with van der Waals surface area (Å²) in [6.45, 7) is 2.21. The zero-order chi connectivity index (χ0) is 27.6. The first-order valence-corrected chi connectivity index (χ1v) is 13.3. The van der Waals surface area contributed by atoms with E-state index < -0.39 is 23.3 Å². The van der Waals surface area contributed by atoms with Gasteiger partial charge in [-0.15, -0.1) is 0 Å². The number of piperidine rings is 2. The fourth-order valence-electron chi connectivity index (χ4n) is 5.78. The van der Waals surface area contributed by atoms with Crippen LogP contribution in [0.2, 0.25) is 0 Å². The second-order valence-electron chi connectivity index (χ2n) is 10.4. The summed E-state index contributed by atoms with van der Waals surface area (Å²) < 4.78 is 39.2. The molecule has 3 fully saturated rings. The molecule has 0 radical (unpaired) electrons. The van der Waals surface area contributed by atoms with Gasteiger partial charge >= 0.3 is 12.2 Å². The Hall–Kier alpha value is -3.76. The lowest BCUT2D eigenvalue weighted by Gasteiger charge is -2.43. The average molecular weight is 544 g/mol. The van der Waals surface area contributed by atoms with Gasteiger partial charge in [-0.1, -0.05) is 24.3 Å². The van der Waals surface area contributed by atoms with Crippen LogP contribution in [0, 0.1) is 0 Å². The summed E-state index contributed by atoms with van der Waals surface area (Å²) in [6.07, 6.45) is -0.787. The van der Waals surface area contributed by atoms with Crippen molar-refractivity contribution in [2.24, 2.45) is 0 Å². The highest BCUT2D eigenvalue weighted by Crippen LogP contribution is 2.40. The molecule has 0 unspecified atom stereocenters. The zero-order valence-electron chi connectivity index (χ0n) is 21.6. The van der Waals surface area contributed by atoms with Gasteiger partial charge in [0.2, 0.25) is 5.91 Å². The normalized spacial score (nSPS) is 19.5. The van der Waals surface area contributed by atoms with Gasteiger partial charge in [0, 0.05) is 37.6 Å². The Morgan fingerprint density at radius 3 is 2.23 bits per heavy atom. The number of benzene rings is 2. The van der Waals surface area contributed by atoms with Gasteiger partial charge in [0.15, 0.2) is 0 Å². The van der Waals surface area contributed by atoms with Crippen molar-refractivity contribution < 1.29 is 27.6 Å². The second-order valence-corrected chi connectivity index (χ2v) is 10.4. The zero-order valence-corrected chi connectivity index (χ0v) is 21.6. The lowest BCUT2D eigenvalue weighted by Crippen LogP contribution is -2.58. The predicted octanol–water partition coefficient (Wildman–Crippen LogP) is 4.39. The number of hydrogen-bond donors (Lipinski definition) is 1. The number of urea groups is 1. The van der Waals surface area contributed by atoms with Gasteiger partial charge in [-0.05, 0) is 62.4 Å². The molecular formula is C28H32F3N5O3. The number of carbonyl (C=O) groups excluding carboxylic acids is 3. The summed E-state index contributed by atoms with van der Waals surface area (Å²) in [6, 6.07) is 13.5. The summed E-state index contributed by atoms with van der Waals surface area (Å²) in [5, 5.41) is 2.56. The lowest BCUT2D eigenvalue weighted by molar-refractivity contribution is -0.141. The van der Waals surface area contributed by atoms with Crippen LogP contribution in [0.15, 0.2) is 54.6 Å². The first kappa shape index (κ1) is 26.8. The van der Waals surface area contributed by atoms with E-state index in [2.05, 4.69) is 5.32 Å². The number of halogens is 3. The van der Waals surface area contributed by atoms with E-state index in [1.807, 2.05) is 40.1 Å². The molecule has 0 atom stereocenters. The lowest BCUT2D eigenvalue weighted by atomic mass is 9.85. The van der Waals surface area contributed by atoms with Crippen molar-refractivity contribution in [1.29, 1.82) is 0 Å². The molecule has 2 aromatic carbocycles. The molecule has 1 N–H and O–H groups in total. The van der Waals surface area contributed by atoms with Crippen LogP contribution >= 0.6 is 0 Å². The summed E-state index contributed by atoms with van der Waals surface area (Å²) in [4.78, 5) is 46.8. The highest BCUT2D eigenvalue weighted by Gasteiger charge is 2.54. The van der Waals surface area contributed by atoms with Crippen molar-refractivity contribution >= 4 is 29.2 Å². The topological polar surface area (TPSA) is 76.2 Å². The average Bonchev–Trinajstić information content (AvgIpc) is 3.20. The molecule has 1 spiro atoms. The molecule has 0 saturated carbocycles. The molecule has 0 aliphatic carbocycles. The van der Waals surface area contributed by atoms with Crippen LogP contribution in [-0.4, -0.2) is 77.5 Å². The van der Waals surface area contributed by atoms with Crippen molar-refractivity contribution in [3.8, 4) is 0 Å². The minimum atomic E-state index is -4.51. The third kappa shape index (κ3) is 5.53. The van der Waals surface area contributed by atoms with Crippen LogP contribution < -0.4 is 10.2 Å². The molecule has 4 amide bonds. The molecule has 3 heterocycles. The Balaban J connectivity index is 1.29. The molecule has 2 aromatic rings. The molecule has 39 heavy (non-hydrogen) atoms. The van der Waals surface area contributed by atoms with Crippen LogP contribution in [-0.2, 0) is 15.8 Å². The van der Waals surface area contributed by atoms with Crippen molar-refractivity contribution in [3.05, 3.63) is 60.2 Å². The third-order valence-electron chi connectivity index (χ3n) is 7.94. The predicted molar refractivity (Wildman–Crippen MR) is 140 cm³/mol. The van der Waals surface area contributed by atoms with Crippen molar-refractivity contribution in [2.75, 3.05) is 49.6 Å². The molecule has 208 valence electrons. The number of nitrogens with zero attached hydrogens (tertiary/aromatic N) is 4. The van der Waals surface area contributed by atoms with Crippen molar-refractivity contribution in [3.63, 3.8) is 0 Å². The second kappa shape index (κ2) is 10.8. The van der Waals surface area contributed by atoms with Crippen molar-refractivity contribution in [2.45, 2.75) is 43.8 Å². The van der Waals surface area contributed by atoms with Gasteiger partial charge in [0.05, 0.1) is 12.2 Å². The standard InChI is InChI=1S/C28H32F3N5O3/c29-28(30,31)21-8-7-9-22(18-21)32-26(39)34-16-12-27(13-17-34)25(38)35(19-24(37)33-14-5-2-6-15-33)20-36(27)23-10-3-1-4-11-23/h1,3-4,7-11,18H,2,5-6,12-17,19-20H2,(H,32,39). The molecule has 3 saturated heterocycles. The van der Waals surface area contributed by atoms with E-state index in [0.717, 1.165) is 37.1 Å². The van der Waals surface area contributed by atoms with Crippen LogP contribution in [0.3, 0.4) is 0 Å². The minimum Gasteiger partial charge on any atom is -0.341 e. The molecule has 0 aromatic heterocycles. The Morgan fingerprint density at radius 1 is 0.872 bits per heavy atom. The molecule has 3 aliphatic rings. The summed E-state index contributed by atoms with van der Waals surface area (Å²) in [7, 11) is 0. The van der Waals surface area contributed by atoms with Crippen molar-refractivity contribution in [1.82, 2.24) is 14.7 Å². The molecular weight excluding hydrogens is 511 g/mol. The third-order valence-corrected chi connectivity index (χ3v) is 7.94. The van der Waals surface area contributed by atoms with E-state index in [9.17, 15) is 27.6 Å². The quantitative estimate of drug-likeness (QED) is 0.621.